The second-order valence-corrected chi connectivity index (χ2v) is 9.01. The summed E-state index contributed by atoms with van der Waals surface area (Å²) in [5.41, 5.74) is -0.536. The second kappa shape index (κ2) is 8.07. The minimum absolute atomic E-state index is 0.0837. The van der Waals surface area contributed by atoms with Crippen LogP contribution in [-0.4, -0.2) is 43.5 Å². The lowest BCUT2D eigenvalue weighted by atomic mass is 10.0. The van der Waals surface area contributed by atoms with Gasteiger partial charge in [0.25, 0.3) is 11.8 Å². The molecule has 4 rings (SSSR count). The Morgan fingerprint density at radius 2 is 2.06 bits per heavy atom. The van der Waals surface area contributed by atoms with E-state index in [1.165, 1.54) is 17.0 Å². The first-order valence-corrected chi connectivity index (χ1v) is 11.3. The number of carbonyl (C=O) groups is 2. The maximum atomic E-state index is 13.5. The SMILES string of the molecule is CS(=O)n1ccc2cc(N3CCC(O)(C(=O)NCc4cc(F)cc(Cl)c4)C3=O)ccc21. The average molecular weight is 464 g/mol. The number of hydrogen-bond acceptors (Lipinski definition) is 4. The number of halogens is 2. The Hall–Kier alpha value is -2.75. The molecule has 31 heavy (non-hydrogen) atoms. The number of aromatic nitrogens is 1. The van der Waals surface area contributed by atoms with E-state index in [9.17, 15) is 23.3 Å². The number of hydrogen-bond donors (Lipinski definition) is 2. The van der Waals surface area contributed by atoms with E-state index in [0.29, 0.717) is 11.3 Å². The molecule has 3 aromatic rings. The van der Waals surface area contributed by atoms with Crippen LogP contribution in [0.4, 0.5) is 10.1 Å². The van der Waals surface area contributed by atoms with E-state index >= 15 is 0 Å². The van der Waals surface area contributed by atoms with Gasteiger partial charge in [-0.25, -0.2) is 8.60 Å². The summed E-state index contributed by atoms with van der Waals surface area (Å²) in [7, 11) is -1.22. The summed E-state index contributed by atoms with van der Waals surface area (Å²) in [6, 6.07) is 10.8. The number of carbonyl (C=O) groups excluding carboxylic acids is 2. The predicted molar refractivity (Wildman–Crippen MR) is 117 cm³/mol. The van der Waals surface area contributed by atoms with Crippen molar-refractivity contribution < 1.29 is 23.3 Å². The number of fused-ring (bicyclic) bond motifs is 1. The third-order valence-electron chi connectivity index (χ3n) is 5.27. The Kier molecular flexibility index (Phi) is 5.59. The lowest BCUT2D eigenvalue weighted by Gasteiger charge is -2.22. The molecule has 2 aromatic carbocycles. The van der Waals surface area contributed by atoms with E-state index in [1.807, 2.05) is 0 Å². The van der Waals surface area contributed by atoms with Crippen molar-refractivity contribution in [2.75, 3.05) is 17.7 Å². The van der Waals surface area contributed by atoms with Gasteiger partial charge in [-0.1, -0.05) is 11.6 Å². The second-order valence-electron chi connectivity index (χ2n) is 7.34. The van der Waals surface area contributed by atoms with Crippen LogP contribution in [-0.2, 0) is 27.1 Å². The smallest absolute Gasteiger partial charge is 0.268 e. The van der Waals surface area contributed by atoms with Gasteiger partial charge in [0.1, 0.15) is 16.8 Å². The molecule has 1 fully saturated rings. The van der Waals surface area contributed by atoms with Crippen molar-refractivity contribution in [1.29, 1.82) is 0 Å². The molecule has 0 saturated carbocycles. The number of amides is 2. The van der Waals surface area contributed by atoms with Crippen LogP contribution >= 0.6 is 11.6 Å². The van der Waals surface area contributed by atoms with Crippen molar-refractivity contribution in [1.82, 2.24) is 9.29 Å². The third-order valence-corrected chi connectivity index (χ3v) is 6.36. The van der Waals surface area contributed by atoms with Crippen molar-refractivity contribution in [2.24, 2.45) is 0 Å². The monoisotopic (exact) mass is 463 g/mol. The standard InChI is InChI=1S/C21H19ClFN3O4S/c1-31(30)26-6-4-14-10-17(2-3-18(14)26)25-7-5-21(29,20(25)28)19(27)24-12-13-8-15(22)11-16(23)9-13/h2-4,6,8-11,29H,5,7,12H2,1H3,(H,24,27). The van der Waals surface area contributed by atoms with Gasteiger partial charge in [0.2, 0.25) is 5.60 Å². The molecule has 1 aromatic heterocycles. The van der Waals surface area contributed by atoms with Crippen molar-refractivity contribution in [3.8, 4) is 0 Å². The Labute approximate surface area is 185 Å². The summed E-state index contributed by atoms with van der Waals surface area (Å²) in [5.74, 6) is -2.14. The minimum atomic E-state index is -2.22. The molecular weight excluding hydrogens is 445 g/mol. The fourth-order valence-corrected chi connectivity index (χ4v) is 4.62. The molecule has 7 nitrogen and oxygen atoms in total. The molecule has 1 aliphatic rings. The molecule has 1 saturated heterocycles. The van der Waals surface area contributed by atoms with Gasteiger partial charge in [0.15, 0.2) is 0 Å². The zero-order valence-corrected chi connectivity index (χ0v) is 18.0. The largest absolute Gasteiger partial charge is 0.372 e. The molecule has 2 N–H and O–H groups in total. The molecule has 0 bridgehead atoms. The molecule has 0 radical (unpaired) electrons. The first-order valence-electron chi connectivity index (χ1n) is 9.42. The highest BCUT2D eigenvalue weighted by atomic mass is 35.5. The molecule has 2 heterocycles. The maximum absolute atomic E-state index is 13.5. The Bertz CT molecular complexity index is 1210. The molecule has 2 unspecified atom stereocenters. The van der Waals surface area contributed by atoms with Crippen LogP contribution in [0.2, 0.25) is 5.02 Å². The summed E-state index contributed by atoms with van der Waals surface area (Å²) in [5, 5.41) is 14.2. The molecule has 0 aliphatic carbocycles. The predicted octanol–water partition coefficient (Wildman–Crippen LogP) is 2.36. The third kappa shape index (κ3) is 3.96. The number of anilines is 1. The van der Waals surface area contributed by atoms with Crippen LogP contribution in [0.15, 0.2) is 48.7 Å². The van der Waals surface area contributed by atoms with E-state index < -0.39 is 34.2 Å². The van der Waals surface area contributed by atoms with Gasteiger partial charge in [0, 0.05) is 48.1 Å². The highest BCUT2D eigenvalue weighted by molar-refractivity contribution is 7.82. The first-order chi connectivity index (χ1) is 14.7. The van der Waals surface area contributed by atoms with Crippen LogP contribution in [0.5, 0.6) is 0 Å². The van der Waals surface area contributed by atoms with Gasteiger partial charge in [-0.3, -0.25) is 13.6 Å². The summed E-state index contributed by atoms with van der Waals surface area (Å²) >= 11 is 5.81. The highest BCUT2D eigenvalue weighted by Gasteiger charge is 2.51. The zero-order chi connectivity index (χ0) is 22.3. The molecule has 0 spiro atoms. The van der Waals surface area contributed by atoms with Crippen LogP contribution in [0, 0.1) is 5.82 Å². The lowest BCUT2D eigenvalue weighted by molar-refractivity contribution is -0.149. The molecule has 162 valence electrons. The number of rotatable bonds is 5. The highest BCUT2D eigenvalue weighted by Crippen LogP contribution is 2.31. The van der Waals surface area contributed by atoms with Gasteiger partial charge >= 0.3 is 0 Å². The Morgan fingerprint density at radius 3 is 2.77 bits per heavy atom. The fourth-order valence-electron chi connectivity index (χ4n) is 3.70. The van der Waals surface area contributed by atoms with E-state index in [4.69, 9.17) is 11.6 Å². The number of nitrogens with one attached hydrogen (secondary N) is 1. The van der Waals surface area contributed by atoms with Gasteiger partial charge in [0.05, 0.1) is 5.52 Å². The molecular formula is C21H19ClFN3O4S. The van der Waals surface area contributed by atoms with Crippen molar-refractivity contribution >= 4 is 51.0 Å². The normalized spacial score (nSPS) is 19.7. The first kappa shape index (κ1) is 21.5. The zero-order valence-electron chi connectivity index (χ0n) is 16.5. The van der Waals surface area contributed by atoms with Crippen molar-refractivity contribution in [3.63, 3.8) is 0 Å². The van der Waals surface area contributed by atoms with E-state index in [-0.39, 0.29) is 24.5 Å². The van der Waals surface area contributed by atoms with Gasteiger partial charge < -0.3 is 15.3 Å². The van der Waals surface area contributed by atoms with Crippen molar-refractivity contribution in [3.05, 3.63) is 65.1 Å². The van der Waals surface area contributed by atoms with E-state index in [2.05, 4.69) is 5.32 Å². The van der Waals surface area contributed by atoms with Gasteiger partial charge in [-0.15, -0.1) is 0 Å². The molecule has 10 heteroatoms. The lowest BCUT2D eigenvalue weighted by Crippen LogP contribution is -2.52. The van der Waals surface area contributed by atoms with Crippen LogP contribution in [0.1, 0.15) is 12.0 Å². The van der Waals surface area contributed by atoms with Crippen LogP contribution in [0.3, 0.4) is 0 Å². The number of nitrogens with zero attached hydrogens (tertiary/aromatic N) is 2. The molecule has 2 amide bonds. The quantitative estimate of drug-likeness (QED) is 0.568. The van der Waals surface area contributed by atoms with E-state index in [0.717, 1.165) is 17.0 Å². The fraction of sp³-hybridized carbons (Fsp3) is 0.238. The summed E-state index contributed by atoms with van der Waals surface area (Å²) in [4.78, 5) is 26.9. The van der Waals surface area contributed by atoms with Crippen LogP contribution in [0.25, 0.3) is 10.9 Å². The summed E-state index contributed by atoms with van der Waals surface area (Å²) < 4.78 is 26.8. The van der Waals surface area contributed by atoms with E-state index in [1.54, 1.807) is 40.7 Å². The number of benzene rings is 2. The molecule has 1 aliphatic heterocycles. The van der Waals surface area contributed by atoms with Crippen molar-refractivity contribution in [2.45, 2.75) is 18.6 Å². The summed E-state index contributed by atoms with van der Waals surface area (Å²) in [6.07, 6.45) is 3.17. The van der Waals surface area contributed by atoms with Crippen LogP contribution < -0.4 is 10.2 Å². The van der Waals surface area contributed by atoms with Gasteiger partial charge in [-0.05, 0) is 48.0 Å². The number of aliphatic hydroxyl groups is 1. The Morgan fingerprint density at radius 1 is 1.29 bits per heavy atom. The topological polar surface area (TPSA) is 91.6 Å². The summed E-state index contributed by atoms with van der Waals surface area (Å²) in [6.45, 7) is 0.0694. The minimum Gasteiger partial charge on any atom is -0.372 e. The average Bonchev–Trinajstić information content (AvgIpc) is 3.27. The maximum Gasteiger partial charge on any atom is 0.268 e. The Balaban J connectivity index is 1.51. The van der Waals surface area contributed by atoms with Gasteiger partial charge in [-0.2, -0.15) is 0 Å². The molecule has 2 atom stereocenters.